The van der Waals surface area contributed by atoms with Crippen LogP contribution in [-0.4, -0.2) is 35.1 Å². The van der Waals surface area contributed by atoms with Crippen molar-refractivity contribution in [1.82, 2.24) is 16.2 Å². The van der Waals surface area contributed by atoms with E-state index in [1.54, 1.807) is 12.1 Å². The number of carbonyl (C=O) groups is 1. The number of anilines is 1. The van der Waals surface area contributed by atoms with Gasteiger partial charge in [-0.25, -0.2) is 0 Å². The number of hydrazine groups is 1. The molecule has 2 aliphatic rings. The van der Waals surface area contributed by atoms with E-state index in [9.17, 15) is 14.9 Å². The highest BCUT2D eigenvalue weighted by molar-refractivity contribution is 7.80. The molecule has 3 rings (SSSR count). The van der Waals surface area contributed by atoms with Gasteiger partial charge in [0.15, 0.2) is 5.11 Å². The lowest BCUT2D eigenvalue weighted by Gasteiger charge is -2.22. The largest absolute Gasteiger partial charge is 0.366 e. The van der Waals surface area contributed by atoms with Crippen LogP contribution >= 0.6 is 12.2 Å². The minimum atomic E-state index is -0.457. The Labute approximate surface area is 170 Å². The molecule has 3 N–H and O–H groups in total. The molecule has 1 amide bonds. The number of nitro benzene ring substituents is 1. The Morgan fingerprint density at radius 3 is 2.39 bits per heavy atom. The van der Waals surface area contributed by atoms with Crippen LogP contribution in [0.25, 0.3) is 0 Å². The fourth-order valence-electron chi connectivity index (χ4n) is 3.87. The van der Waals surface area contributed by atoms with Crippen molar-refractivity contribution in [3.63, 3.8) is 0 Å². The number of amides is 1. The van der Waals surface area contributed by atoms with Gasteiger partial charge in [0, 0.05) is 30.8 Å². The molecule has 0 spiro atoms. The van der Waals surface area contributed by atoms with Gasteiger partial charge in [0.25, 0.3) is 11.6 Å². The van der Waals surface area contributed by atoms with Gasteiger partial charge in [0.1, 0.15) is 5.69 Å². The number of carbonyl (C=O) groups excluding carboxylic acids is 1. The molecule has 0 unspecified atom stereocenters. The molecule has 0 radical (unpaired) electrons. The molecular formula is C19H27N5O3S. The average Bonchev–Trinajstić information content (AvgIpc) is 3.04. The first kappa shape index (κ1) is 20.3. The van der Waals surface area contributed by atoms with Gasteiger partial charge >= 0.3 is 0 Å². The summed E-state index contributed by atoms with van der Waals surface area (Å²) in [6.07, 6.45) is 8.83. The van der Waals surface area contributed by atoms with Crippen molar-refractivity contribution in [2.45, 2.75) is 57.4 Å². The number of rotatable bonds is 4. The molecule has 9 heteroatoms. The van der Waals surface area contributed by atoms with Gasteiger partial charge in [-0.2, -0.15) is 0 Å². The third kappa shape index (κ3) is 5.31. The van der Waals surface area contributed by atoms with E-state index in [2.05, 4.69) is 16.2 Å². The Morgan fingerprint density at radius 1 is 1.07 bits per heavy atom. The van der Waals surface area contributed by atoms with E-state index in [1.165, 1.54) is 18.9 Å². The van der Waals surface area contributed by atoms with E-state index in [-0.39, 0.29) is 11.3 Å². The second kappa shape index (κ2) is 9.68. The molecule has 152 valence electrons. The molecule has 0 bridgehead atoms. The highest BCUT2D eigenvalue weighted by Crippen LogP contribution is 2.31. The number of nitrogens with one attached hydrogen (secondary N) is 3. The third-order valence-electron chi connectivity index (χ3n) is 5.36. The summed E-state index contributed by atoms with van der Waals surface area (Å²) in [5, 5.41) is 15.1. The van der Waals surface area contributed by atoms with Gasteiger partial charge < -0.3 is 10.2 Å². The number of hydrogen-bond acceptors (Lipinski definition) is 5. The number of nitrogens with zero attached hydrogens (tertiary/aromatic N) is 2. The van der Waals surface area contributed by atoms with Crippen molar-refractivity contribution in [2.75, 3.05) is 18.0 Å². The molecule has 2 fully saturated rings. The van der Waals surface area contributed by atoms with Crippen LogP contribution in [0.5, 0.6) is 0 Å². The minimum absolute atomic E-state index is 0.0405. The molecule has 1 aliphatic heterocycles. The van der Waals surface area contributed by atoms with E-state index in [0.29, 0.717) is 16.8 Å². The van der Waals surface area contributed by atoms with Gasteiger partial charge in [-0.05, 0) is 50.0 Å². The number of thiocarbonyl (C=S) groups is 1. The molecule has 28 heavy (non-hydrogen) atoms. The first-order chi connectivity index (χ1) is 13.5. The van der Waals surface area contributed by atoms with Crippen molar-refractivity contribution in [3.8, 4) is 0 Å². The Bertz CT molecular complexity index is 728. The van der Waals surface area contributed by atoms with Crippen molar-refractivity contribution in [2.24, 2.45) is 0 Å². The summed E-state index contributed by atoms with van der Waals surface area (Å²) in [5.74, 6) is -0.457. The molecule has 1 heterocycles. The van der Waals surface area contributed by atoms with Crippen LogP contribution in [0.3, 0.4) is 0 Å². The summed E-state index contributed by atoms with van der Waals surface area (Å²) in [4.78, 5) is 25.6. The van der Waals surface area contributed by atoms with Crippen LogP contribution in [0.4, 0.5) is 11.4 Å². The van der Waals surface area contributed by atoms with E-state index >= 15 is 0 Å². The smallest absolute Gasteiger partial charge is 0.293 e. The maximum absolute atomic E-state index is 12.4. The van der Waals surface area contributed by atoms with E-state index in [1.807, 2.05) is 4.90 Å². The zero-order chi connectivity index (χ0) is 19.9. The first-order valence-corrected chi connectivity index (χ1v) is 10.4. The Hall–Kier alpha value is -2.42. The van der Waals surface area contributed by atoms with E-state index < -0.39 is 10.8 Å². The predicted molar refractivity (Wildman–Crippen MR) is 112 cm³/mol. The molecule has 1 saturated heterocycles. The lowest BCUT2D eigenvalue weighted by molar-refractivity contribution is -0.384. The molecule has 1 aliphatic carbocycles. The van der Waals surface area contributed by atoms with Gasteiger partial charge in [-0.15, -0.1) is 0 Å². The molecular weight excluding hydrogens is 378 g/mol. The van der Waals surface area contributed by atoms with Gasteiger partial charge in [0.05, 0.1) is 4.92 Å². The highest BCUT2D eigenvalue weighted by Gasteiger charge is 2.23. The average molecular weight is 406 g/mol. The number of hydrogen-bond donors (Lipinski definition) is 3. The minimum Gasteiger partial charge on any atom is -0.366 e. The second-order valence-electron chi connectivity index (χ2n) is 7.40. The van der Waals surface area contributed by atoms with Crippen LogP contribution in [0, 0.1) is 10.1 Å². The lowest BCUT2D eigenvalue weighted by Crippen LogP contribution is -2.49. The first-order valence-electron chi connectivity index (χ1n) is 9.95. The third-order valence-corrected chi connectivity index (χ3v) is 5.58. The molecule has 8 nitrogen and oxygen atoms in total. The summed E-state index contributed by atoms with van der Waals surface area (Å²) in [6, 6.07) is 4.97. The quantitative estimate of drug-likeness (QED) is 0.402. The molecule has 1 aromatic carbocycles. The summed E-state index contributed by atoms with van der Waals surface area (Å²) >= 11 is 5.19. The van der Waals surface area contributed by atoms with Crippen molar-refractivity contribution < 1.29 is 9.72 Å². The van der Waals surface area contributed by atoms with Crippen molar-refractivity contribution in [3.05, 3.63) is 33.9 Å². The van der Waals surface area contributed by atoms with E-state index in [4.69, 9.17) is 12.2 Å². The zero-order valence-corrected chi connectivity index (χ0v) is 16.7. The Morgan fingerprint density at radius 2 is 1.75 bits per heavy atom. The van der Waals surface area contributed by atoms with Crippen molar-refractivity contribution >= 4 is 34.6 Å². The summed E-state index contributed by atoms with van der Waals surface area (Å²) < 4.78 is 0. The summed E-state index contributed by atoms with van der Waals surface area (Å²) in [5.41, 5.74) is 5.96. The lowest BCUT2D eigenvalue weighted by atomic mass is 10.1. The van der Waals surface area contributed by atoms with Gasteiger partial charge in [0.2, 0.25) is 0 Å². The second-order valence-corrected chi connectivity index (χ2v) is 7.80. The van der Waals surface area contributed by atoms with Crippen LogP contribution < -0.4 is 21.1 Å². The molecule has 1 aromatic rings. The SMILES string of the molecule is O=C(NNC(=S)NC1CCCC1)c1ccc(N2CCCCCC2)c([N+](=O)[O-])c1. The highest BCUT2D eigenvalue weighted by atomic mass is 32.1. The standard InChI is InChI=1S/C19H27N5O3S/c25-18(21-22-19(28)20-15-7-3-4-8-15)14-9-10-16(17(13-14)24(26)27)23-11-5-1-2-6-12-23/h9-10,13,15H,1-8,11-12H2,(H,21,25)(H2,20,22,28). The monoisotopic (exact) mass is 405 g/mol. The normalized spacial score (nSPS) is 17.6. The van der Waals surface area contributed by atoms with Gasteiger partial charge in [-0.1, -0.05) is 25.7 Å². The Kier molecular flexibility index (Phi) is 7.02. The van der Waals surface area contributed by atoms with Crippen LogP contribution in [-0.2, 0) is 0 Å². The fraction of sp³-hybridized carbons (Fsp3) is 0.579. The summed E-state index contributed by atoms with van der Waals surface area (Å²) in [7, 11) is 0. The molecule has 0 atom stereocenters. The maximum Gasteiger partial charge on any atom is 0.293 e. The maximum atomic E-state index is 12.4. The van der Waals surface area contributed by atoms with E-state index in [0.717, 1.165) is 51.6 Å². The van der Waals surface area contributed by atoms with Crippen LogP contribution in [0.2, 0.25) is 0 Å². The van der Waals surface area contributed by atoms with Gasteiger partial charge in [-0.3, -0.25) is 25.8 Å². The number of benzene rings is 1. The predicted octanol–water partition coefficient (Wildman–Crippen LogP) is 3.03. The summed E-state index contributed by atoms with van der Waals surface area (Å²) in [6.45, 7) is 1.60. The van der Waals surface area contributed by atoms with Crippen LogP contribution in [0.1, 0.15) is 61.7 Å². The van der Waals surface area contributed by atoms with Crippen molar-refractivity contribution in [1.29, 1.82) is 0 Å². The number of nitro groups is 1. The Balaban J connectivity index is 1.64. The molecule has 1 saturated carbocycles. The zero-order valence-electron chi connectivity index (χ0n) is 15.9. The fourth-order valence-corrected chi connectivity index (χ4v) is 4.08. The topological polar surface area (TPSA) is 99.5 Å². The molecule has 0 aromatic heterocycles. The van der Waals surface area contributed by atoms with Crippen LogP contribution in [0.15, 0.2) is 18.2 Å².